The van der Waals surface area contributed by atoms with Crippen LogP contribution in [-0.4, -0.2) is 26.4 Å². The lowest BCUT2D eigenvalue weighted by molar-refractivity contribution is -0.113. The SMILES string of the molecule is O=C(O)c1ccc(N2C(=O)/C(=C\C=C\c3ccco3)SC2=S)cc1O. The number of nitrogens with zero attached hydrogens (tertiary/aromatic N) is 1. The molecule has 1 aliphatic heterocycles. The van der Waals surface area contributed by atoms with Gasteiger partial charge in [-0.2, -0.15) is 0 Å². The molecule has 1 amide bonds. The minimum absolute atomic E-state index is 0.244. The molecule has 2 heterocycles. The summed E-state index contributed by atoms with van der Waals surface area (Å²) in [4.78, 5) is 25.1. The molecule has 25 heavy (non-hydrogen) atoms. The van der Waals surface area contributed by atoms with Gasteiger partial charge in [0.25, 0.3) is 5.91 Å². The van der Waals surface area contributed by atoms with Crippen LogP contribution in [0.4, 0.5) is 5.69 Å². The Morgan fingerprint density at radius 3 is 2.76 bits per heavy atom. The predicted octanol–water partition coefficient (Wildman–Crippen LogP) is 3.65. The Labute approximate surface area is 152 Å². The highest BCUT2D eigenvalue weighted by atomic mass is 32.2. The van der Waals surface area contributed by atoms with E-state index in [9.17, 15) is 14.7 Å². The van der Waals surface area contributed by atoms with Crippen LogP contribution in [0.3, 0.4) is 0 Å². The summed E-state index contributed by atoms with van der Waals surface area (Å²) in [7, 11) is 0. The Bertz CT molecular complexity index is 915. The fourth-order valence-corrected chi connectivity index (χ4v) is 3.41. The van der Waals surface area contributed by atoms with Gasteiger partial charge in [-0.05, 0) is 36.4 Å². The first kappa shape index (κ1) is 17.0. The third-order valence-electron chi connectivity index (χ3n) is 3.31. The standard InChI is InChI=1S/C17H11NO5S2/c19-13-9-10(6-7-12(13)16(21)22)18-15(20)14(25-17(18)24)5-1-3-11-4-2-8-23-11/h1-9,19H,(H,21,22)/b3-1+,14-5+. The van der Waals surface area contributed by atoms with Crippen LogP contribution < -0.4 is 4.90 Å². The van der Waals surface area contributed by atoms with Crippen LogP contribution in [0, 0.1) is 0 Å². The second-order valence-corrected chi connectivity index (χ2v) is 6.60. The van der Waals surface area contributed by atoms with Gasteiger partial charge in [0.2, 0.25) is 0 Å². The average molecular weight is 373 g/mol. The highest BCUT2D eigenvalue weighted by molar-refractivity contribution is 8.27. The number of anilines is 1. The van der Waals surface area contributed by atoms with Gasteiger partial charge in [0.15, 0.2) is 4.32 Å². The summed E-state index contributed by atoms with van der Waals surface area (Å²) in [5.74, 6) is -1.37. The van der Waals surface area contributed by atoms with Crippen molar-refractivity contribution in [1.82, 2.24) is 0 Å². The number of carboxylic acid groups (broad SMARTS) is 1. The van der Waals surface area contributed by atoms with E-state index in [1.807, 2.05) is 0 Å². The number of carbonyl (C=O) groups is 2. The zero-order chi connectivity index (χ0) is 18.0. The first-order valence-corrected chi connectivity index (χ1v) is 8.24. The first-order valence-electron chi connectivity index (χ1n) is 7.02. The quantitative estimate of drug-likeness (QED) is 0.624. The first-order chi connectivity index (χ1) is 12.0. The second kappa shape index (κ2) is 6.96. The number of hydrogen-bond acceptors (Lipinski definition) is 6. The molecule has 2 aromatic rings. The lowest BCUT2D eigenvalue weighted by Gasteiger charge is -2.15. The van der Waals surface area contributed by atoms with E-state index >= 15 is 0 Å². The minimum Gasteiger partial charge on any atom is -0.507 e. The van der Waals surface area contributed by atoms with Crippen molar-refractivity contribution in [2.24, 2.45) is 0 Å². The van der Waals surface area contributed by atoms with Crippen molar-refractivity contribution in [3.63, 3.8) is 0 Å². The smallest absolute Gasteiger partial charge is 0.339 e. The maximum Gasteiger partial charge on any atom is 0.339 e. The lowest BCUT2D eigenvalue weighted by atomic mass is 10.1. The van der Waals surface area contributed by atoms with E-state index in [-0.39, 0.29) is 11.5 Å². The fourth-order valence-electron chi connectivity index (χ4n) is 2.16. The molecule has 126 valence electrons. The number of amides is 1. The molecule has 1 aliphatic rings. The number of furan rings is 1. The molecule has 0 bridgehead atoms. The van der Waals surface area contributed by atoms with Gasteiger partial charge in [-0.3, -0.25) is 9.69 Å². The number of benzene rings is 1. The summed E-state index contributed by atoms with van der Waals surface area (Å²) in [6, 6.07) is 7.40. The molecule has 0 aliphatic carbocycles. The van der Waals surface area contributed by atoms with E-state index in [1.165, 1.54) is 23.1 Å². The molecule has 1 aromatic carbocycles. The maximum absolute atomic E-state index is 12.5. The number of carbonyl (C=O) groups excluding carboxylic acids is 1. The van der Waals surface area contributed by atoms with Gasteiger partial charge in [-0.1, -0.05) is 30.1 Å². The molecule has 8 heteroatoms. The summed E-state index contributed by atoms with van der Waals surface area (Å²) in [5.41, 5.74) is 0.0644. The summed E-state index contributed by atoms with van der Waals surface area (Å²) in [6.45, 7) is 0. The lowest BCUT2D eigenvalue weighted by Crippen LogP contribution is -2.27. The van der Waals surface area contributed by atoms with Gasteiger partial charge in [0, 0.05) is 6.07 Å². The second-order valence-electron chi connectivity index (χ2n) is 4.92. The number of aromatic hydroxyl groups is 1. The third kappa shape index (κ3) is 3.49. The maximum atomic E-state index is 12.5. The molecule has 3 rings (SSSR count). The summed E-state index contributed by atoms with van der Waals surface area (Å²) >= 11 is 6.34. The Kier molecular flexibility index (Phi) is 4.73. The van der Waals surface area contributed by atoms with E-state index in [0.717, 1.165) is 11.8 Å². The molecule has 6 nitrogen and oxygen atoms in total. The predicted molar refractivity (Wildman–Crippen MR) is 98.6 cm³/mol. The average Bonchev–Trinajstić information content (AvgIpc) is 3.16. The summed E-state index contributed by atoms with van der Waals surface area (Å²) < 4.78 is 5.46. The number of allylic oxidation sites excluding steroid dienone is 2. The molecule has 1 aromatic heterocycles. The zero-order valence-corrected chi connectivity index (χ0v) is 14.2. The van der Waals surface area contributed by atoms with Crippen molar-refractivity contribution in [2.45, 2.75) is 0 Å². The Morgan fingerprint density at radius 2 is 2.12 bits per heavy atom. The molecule has 0 spiro atoms. The van der Waals surface area contributed by atoms with Crippen molar-refractivity contribution in [1.29, 1.82) is 0 Å². The number of thioether (sulfide) groups is 1. The Hall–Kier alpha value is -2.84. The van der Waals surface area contributed by atoms with Crippen molar-refractivity contribution in [3.05, 3.63) is 65.0 Å². The third-order valence-corrected chi connectivity index (χ3v) is 4.64. The molecule has 0 atom stereocenters. The van der Waals surface area contributed by atoms with Crippen molar-refractivity contribution < 1.29 is 24.2 Å². The topological polar surface area (TPSA) is 91.0 Å². The number of aromatic carboxylic acids is 1. The van der Waals surface area contributed by atoms with Gasteiger partial charge >= 0.3 is 5.97 Å². The monoisotopic (exact) mass is 373 g/mol. The number of thiocarbonyl (C=S) groups is 1. The summed E-state index contributed by atoms with van der Waals surface area (Å²) in [5, 5.41) is 18.8. The van der Waals surface area contributed by atoms with E-state index in [2.05, 4.69) is 0 Å². The highest BCUT2D eigenvalue weighted by Gasteiger charge is 2.33. The summed E-state index contributed by atoms with van der Waals surface area (Å²) in [6.07, 6.45) is 6.55. The van der Waals surface area contributed by atoms with Gasteiger partial charge in [0.1, 0.15) is 17.1 Å². The Balaban J connectivity index is 1.84. The van der Waals surface area contributed by atoms with Gasteiger partial charge in [-0.25, -0.2) is 4.79 Å². The highest BCUT2D eigenvalue weighted by Crippen LogP contribution is 2.36. The van der Waals surface area contributed by atoms with Gasteiger partial charge in [-0.15, -0.1) is 0 Å². The largest absolute Gasteiger partial charge is 0.507 e. The van der Waals surface area contributed by atoms with E-state index in [1.54, 1.807) is 36.6 Å². The molecular formula is C17H11NO5S2. The van der Waals surface area contributed by atoms with Crippen LogP contribution in [0.25, 0.3) is 6.08 Å². The Morgan fingerprint density at radius 1 is 1.32 bits per heavy atom. The molecule has 2 N–H and O–H groups in total. The fraction of sp³-hybridized carbons (Fsp3) is 0. The van der Waals surface area contributed by atoms with Crippen molar-refractivity contribution in [2.75, 3.05) is 4.90 Å². The minimum atomic E-state index is -1.25. The molecule has 0 radical (unpaired) electrons. The van der Waals surface area contributed by atoms with E-state index in [0.29, 0.717) is 20.7 Å². The van der Waals surface area contributed by atoms with Gasteiger partial charge in [0.05, 0.1) is 16.9 Å². The van der Waals surface area contributed by atoms with Crippen molar-refractivity contribution in [3.8, 4) is 5.75 Å². The zero-order valence-electron chi connectivity index (χ0n) is 12.6. The van der Waals surface area contributed by atoms with Crippen LogP contribution in [-0.2, 0) is 4.79 Å². The molecule has 1 fully saturated rings. The number of hydrogen-bond donors (Lipinski definition) is 2. The molecular weight excluding hydrogens is 362 g/mol. The normalized spacial score (nSPS) is 16.3. The molecule has 1 saturated heterocycles. The van der Waals surface area contributed by atoms with Crippen LogP contribution in [0.2, 0.25) is 0 Å². The molecule has 0 unspecified atom stereocenters. The van der Waals surface area contributed by atoms with Gasteiger partial charge < -0.3 is 14.6 Å². The van der Waals surface area contributed by atoms with Crippen LogP contribution >= 0.6 is 24.0 Å². The number of rotatable bonds is 4. The van der Waals surface area contributed by atoms with E-state index in [4.69, 9.17) is 21.7 Å². The molecule has 0 saturated carbocycles. The number of phenols is 1. The van der Waals surface area contributed by atoms with E-state index < -0.39 is 11.7 Å². The van der Waals surface area contributed by atoms with Crippen LogP contribution in [0.15, 0.2) is 58.1 Å². The van der Waals surface area contributed by atoms with Crippen molar-refractivity contribution >= 4 is 51.9 Å². The van der Waals surface area contributed by atoms with Crippen LogP contribution in [0.1, 0.15) is 16.1 Å². The van der Waals surface area contributed by atoms with Crippen LogP contribution in [0.5, 0.6) is 5.75 Å². The number of carboxylic acids is 1.